The van der Waals surface area contributed by atoms with Crippen molar-refractivity contribution in [3.8, 4) is 5.75 Å². The maximum absolute atomic E-state index is 12.7. The second-order valence-corrected chi connectivity index (χ2v) is 9.05. The van der Waals surface area contributed by atoms with E-state index in [9.17, 15) is 14.4 Å². The van der Waals surface area contributed by atoms with Crippen LogP contribution in [0.25, 0.3) is 6.08 Å². The van der Waals surface area contributed by atoms with Crippen molar-refractivity contribution in [2.24, 2.45) is 0 Å². The van der Waals surface area contributed by atoms with Crippen molar-refractivity contribution >= 4 is 34.9 Å². The molecule has 32 heavy (non-hydrogen) atoms. The Labute approximate surface area is 192 Å². The third-order valence-corrected chi connectivity index (χ3v) is 6.49. The lowest BCUT2D eigenvalue weighted by atomic mass is 10.1. The minimum absolute atomic E-state index is 0.0102. The first-order valence-corrected chi connectivity index (χ1v) is 11.6. The molecule has 166 valence electrons. The Bertz CT molecular complexity index is 1020. The fourth-order valence-corrected chi connectivity index (χ4v) is 4.54. The van der Waals surface area contributed by atoms with Crippen LogP contribution < -0.4 is 4.74 Å². The second kappa shape index (κ2) is 10.0. The molecule has 0 bridgehead atoms. The number of rotatable bonds is 6. The van der Waals surface area contributed by atoms with Gasteiger partial charge in [0.1, 0.15) is 5.75 Å². The van der Waals surface area contributed by atoms with E-state index in [4.69, 9.17) is 4.74 Å². The highest BCUT2D eigenvalue weighted by atomic mass is 32.2. The lowest BCUT2D eigenvalue weighted by molar-refractivity contribution is -0.134. The van der Waals surface area contributed by atoms with E-state index in [2.05, 4.69) is 0 Å². The maximum atomic E-state index is 12.7. The summed E-state index contributed by atoms with van der Waals surface area (Å²) in [7, 11) is 0. The lowest BCUT2D eigenvalue weighted by Gasteiger charge is -2.26. The molecular formula is C25H26N2O4S. The Hall–Kier alpha value is -3.06. The molecule has 2 saturated heterocycles. The summed E-state index contributed by atoms with van der Waals surface area (Å²) >= 11 is 0.950. The molecular weight excluding hydrogens is 424 g/mol. The lowest BCUT2D eigenvalue weighted by Crippen LogP contribution is -2.38. The first-order chi connectivity index (χ1) is 15.5. The molecule has 0 spiro atoms. The smallest absolute Gasteiger partial charge is 0.293 e. The van der Waals surface area contributed by atoms with Gasteiger partial charge in [-0.3, -0.25) is 19.3 Å². The van der Waals surface area contributed by atoms with Gasteiger partial charge in [0.15, 0.2) is 6.61 Å². The van der Waals surface area contributed by atoms with Crippen LogP contribution in [-0.2, 0) is 16.1 Å². The number of piperidine rings is 1. The standard InChI is InChI=1S/C25H26N2O4S/c1-18-5-7-20(8-6-18)16-27-24(29)22(32-25(27)30)15-19-9-11-21(12-10-19)31-17-23(28)26-13-3-2-4-14-26/h5-12,15H,2-4,13-14,16-17H2,1H3/b22-15-. The van der Waals surface area contributed by atoms with Crippen LogP contribution in [-0.4, -0.2) is 46.5 Å². The van der Waals surface area contributed by atoms with Gasteiger partial charge in [0.2, 0.25) is 0 Å². The largest absolute Gasteiger partial charge is 0.484 e. The van der Waals surface area contributed by atoms with Crippen LogP contribution in [0, 0.1) is 6.92 Å². The molecule has 0 N–H and O–H groups in total. The van der Waals surface area contributed by atoms with E-state index in [0.717, 1.165) is 54.4 Å². The van der Waals surface area contributed by atoms with Crippen molar-refractivity contribution in [3.63, 3.8) is 0 Å². The van der Waals surface area contributed by atoms with E-state index in [1.54, 1.807) is 18.2 Å². The third kappa shape index (κ3) is 5.40. The Kier molecular flexibility index (Phi) is 6.95. The van der Waals surface area contributed by atoms with Crippen LogP contribution in [0.1, 0.15) is 36.0 Å². The Balaban J connectivity index is 1.35. The minimum Gasteiger partial charge on any atom is -0.484 e. The van der Waals surface area contributed by atoms with Crippen LogP contribution >= 0.6 is 11.8 Å². The van der Waals surface area contributed by atoms with Gasteiger partial charge in [-0.05, 0) is 67.3 Å². The van der Waals surface area contributed by atoms with Crippen molar-refractivity contribution in [2.45, 2.75) is 32.7 Å². The molecule has 0 aliphatic carbocycles. The molecule has 2 aliphatic rings. The quantitative estimate of drug-likeness (QED) is 0.601. The molecule has 0 atom stereocenters. The highest BCUT2D eigenvalue weighted by Crippen LogP contribution is 2.33. The van der Waals surface area contributed by atoms with Crippen molar-refractivity contribution < 1.29 is 19.1 Å². The van der Waals surface area contributed by atoms with Gasteiger partial charge in [-0.15, -0.1) is 0 Å². The number of hydrogen-bond donors (Lipinski definition) is 0. The molecule has 2 aromatic rings. The average Bonchev–Trinajstić information content (AvgIpc) is 3.07. The van der Waals surface area contributed by atoms with Crippen molar-refractivity contribution in [1.82, 2.24) is 9.80 Å². The van der Waals surface area contributed by atoms with Crippen LogP contribution in [0.3, 0.4) is 0 Å². The van der Waals surface area contributed by atoms with Crippen molar-refractivity contribution in [1.29, 1.82) is 0 Å². The Morgan fingerprint density at radius 1 is 1.00 bits per heavy atom. The van der Waals surface area contributed by atoms with Gasteiger partial charge < -0.3 is 9.64 Å². The number of ether oxygens (including phenoxy) is 1. The predicted octanol–water partition coefficient (Wildman–Crippen LogP) is 4.62. The molecule has 6 nitrogen and oxygen atoms in total. The molecule has 4 rings (SSSR count). The molecule has 2 aliphatic heterocycles. The molecule has 0 aromatic heterocycles. The molecule has 0 unspecified atom stereocenters. The molecule has 2 heterocycles. The monoisotopic (exact) mass is 450 g/mol. The van der Waals surface area contributed by atoms with E-state index < -0.39 is 0 Å². The van der Waals surface area contributed by atoms with Gasteiger partial charge in [0, 0.05) is 13.1 Å². The van der Waals surface area contributed by atoms with E-state index in [0.29, 0.717) is 10.7 Å². The molecule has 7 heteroatoms. The normalized spacial score (nSPS) is 17.8. The summed E-state index contributed by atoms with van der Waals surface area (Å²) in [6.45, 7) is 3.90. The SMILES string of the molecule is Cc1ccc(CN2C(=O)S/C(=C\c3ccc(OCC(=O)N4CCCCC4)cc3)C2=O)cc1. The number of carbonyl (C=O) groups is 3. The van der Waals surface area contributed by atoms with E-state index in [-0.39, 0.29) is 30.2 Å². The summed E-state index contributed by atoms with van der Waals surface area (Å²) < 4.78 is 5.63. The number of hydrogen-bond acceptors (Lipinski definition) is 5. The maximum Gasteiger partial charge on any atom is 0.293 e. The van der Waals surface area contributed by atoms with Crippen LogP contribution in [0.2, 0.25) is 0 Å². The van der Waals surface area contributed by atoms with Crippen LogP contribution in [0.4, 0.5) is 4.79 Å². The first kappa shape index (κ1) is 22.1. The van der Waals surface area contributed by atoms with Crippen LogP contribution in [0.5, 0.6) is 5.75 Å². The zero-order valence-electron chi connectivity index (χ0n) is 18.1. The topological polar surface area (TPSA) is 66.9 Å². The predicted molar refractivity (Wildman–Crippen MR) is 125 cm³/mol. The summed E-state index contributed by atoms with van der Waals surface area (Å²) in [6, 6.07) is 15.0. The average molecular weight is 451 g/mol. The van der Waals surface area contributed by atoms with Crippen molar-refractivity contribution in [2.75, 3.05) is 19.7 Å². The highest BCUT2D eigenvalue weighted by molar-refractivity contribution is 8.18. The van der Waals surface area contributed by atoms with Gasteiger partial charge in [0.25, 0.3) is 17.1 Å². The van der Waals surface area contributed by atoms with E-state index in [1.165, 1.54) is 11.3 Å². The fourth-order valence-electron chi connectivity index (χ4n) is 3.70. The number of aryl methyl sites for hydroxylation is 1. The Morgan fingerprint density at radius 2 is 1.69 bits per heavy atom. The Morgan fingerprint density at radius 3 is 2.38 bits per heavy atom. The molecule has 0 saturated carbocycles. The van der Waals surface area contributed by atoms with Gasteiger partial charge in [-0.25, -0.2) is 0 Å². The highest BCUT2D eigenvalue weighted by Gasteiger charge is 2.34. The number of likely N-dealkylation sites (tertiary alicyclic amines) is 1. The summed E-state index contributed by atoms with van der Waals surface area (Å²) in [5, 5.41) is -0.266. The zero-order chi connectivity index (χ0) is 22.5. The van der Waals surface area contributed by atoms with Gasteiger partial charge in [-0.2, -0.15) is 0 Å². The van der Waals surface area contributed by atoms with Crippen molar-refractivity contribution in [3.05, 3.63) is 70.1 Å². The summed E-state index contributed by atoms with van der Waals surface area (Å²) in [4.78, 5) is 40.8. The number of imide groups is 1. The first-order valence-electron chi connectivity index (χ1n) is 10.8. The van der Waals surface area contributed by atoms with E-state index >= 15 is 0 Å². The fraction of sp³-hybridized carbons (Fsp3) is 0.320. The number of benzene rings is 2. The summed E-state index contributed by atoms with van der Waals surface area (Å²) in [5.74, 6) is 0.323. The van der Waals surface area contributed by atoms with Crippen LogP contribution in [0.15, 0.2) is 53.4 Å². The second-order valence-electron chi connectivity index (χ2n) is 8.05. The third-order valence-electron chi connectivity index (χ3n) is 5.58. The zero-order valence-corrected chi connectivity index (χ0v) is 18.9. The summed E-state index contributed by atoms with van der Waals surface area (Å²) in [5.41, 5.74) is 2.84. The molecule has 0 radical (unpaired) electrons. The number of amides is 3. The van der Waals surface area contributed by atoms with E-state index in [1.807, 2.05) is 48.2 Å². The summed E-state index contributed by atoms with van der Waals surface area (Å²) in [6.07, 6.45) is 4.99. The number of nitrogens with zero attached hydrogens (tertiary/aromatic N) is 2. The number of thioether (sulfide) groups is 1. The molecule has 3 amide bonds. The minimum atomic E-state index is -0.284. The molecule has 2 aromatic carbocycles. The number of carbonyl (C=O) groups excluding carboxylic acids is 3. The molecule has 2 fully saturated rings. The van der Waals surface area contributed by atoms with Gasteiger partial charge in [0.05, 0.1) is 11.4 Å². The van der Waals surface area contributed by atoms with Gasteiger partial charge >= 0.3 is 0 Å². The van der Waals surface area contributed by atoms with Gasteiger partial charge in [-0.1, -0.05) is 42.0 Å².